The Labute approximate surface area is 51.2 Å². The van der Waals surface area contributed by atoms with Crippen LogP contribution in [0.4, 0.5) is 0 Å². The van der Waals surface area contributed by atoms with E-state index in [0.717, 1.165) is 6.42 Å². The highest BCUT2D eigenvalue weighted by molar-refractivity contribution is 4.62. The summed E-state index contributed by atoms with van der Waals surface area (Å²) in [6.07, 6.45) is 0.982. The van der Waals surface area contributed by atoms with Crippen molar-refractivity contribution in [2.45, 2.75) is 32.8 Å². The lowest BCUT2D eigenvalue weighted by molar-refractivity contribution is -0.0683. The summed E-state index contributed by atoms with van der Waals surface area (Å²) in [7, 11) is 3.35. The average molecular weight is 116 g/mol. The molecule has 49 valence electrons. The van der Waals surface area contributed by atoms with Crippen molar-refractivity contribution in [2.75, 3.05) is 0 Å². The fourth-order valence-electron chi connectivity index (χ4n) is 0.268. The Morgan fingerprint density at radius 1 is 1.62 bits per heavy atom. The van der Waals surface area contributed by atoms with Crippen molar-refractivity contribution in [3.05, 3.63) is 7.05 Å². The zero-order valence-electron chi connectivity index (χ0n) is 5.82. The summed E-state index contributed by atoms with van der Waals surface area (Å²) < 4.78 is 0. The molecule has 0 spiro atoms. The van der Waals surface area contributed by atoms with Gasteiger partial charge in [0.25, 0.3) is 0 Å². The van der Waals surface area contributed by atoms with Gasteiger partial charge in [-0.05, 0) is 20.3 Å². The summed E-state index contributed by atoms with van der Waals surface area (Å²) in [5.41, 5.74) is 2.33. The van der Waals surface area contributed by atoms with Crippen LogP contribution in [0.15, 0.2) is 0 Å². The minimum Gasteiger partial charge on any atom is -0.296 e. The van der Waals surface area contributed by atoms with Crippen LogP contribution in [0.25, 0.3) is 0 Å². The van der Waals surface area contributed by atoms with Crippen LogP contribution in [-0.2, 0) is 4.84 Å². The van der Waals surface area contributed by atoms with Crippen LogP contribution in [0.1, 0.15) is 27.2 Å². The molecule has 0 aromatic carbocycles. The third kappa shape index (κ3) is 2.99. The third-order valence-corrected chi connectivity index (χ3v) is 1.20. The van der Waals surface area contributed by atoms with Crippen LogP contribution < -0.4 is 5.48 Å². The molecule has 0 rings (SSSR count). The molecule has 0 aliphatic rings. The molecule has 0 heterocycles. The minimum atomic E-state index is -0.0816. The van der Waals surface area contributed by atoms with E-state index in [4.69, 9.17) is 4.84 Å². The van der Waals surface area contributed by atoms with Gasteiger partial charge in [0, 0.05) is 7.05 Å². The van der Waals surface area contributed by atoms with E-state index < -0.39 is 0 Å². The van der Waals surface area contributed by atoms with Crippen LogP contribution in [-0.4, -0.2) is 5.60 Å². The normalized spacial score (nSPS) is 12.0. The lowest BCUT2D eigenvalue weighted by Crippen LogP contribution is -2.28. The number of hydroxylamine groups is 1. The molecule has 0 aliphatic heterocycles. The van der Waals surface area contributed by atoms with Gasteiger partial charge in [-0.2, -0.15) is 0 Å². The number of hydrogen-bond acceptors (Lipinski definition) is 2. The van der Waals surface area contributed by atoms with Gasteiger partial charge in [0.1, 0.15) is 0 Å². The summed E-state index contributed by atoms with van der Waals surface area (Å²) in [6, 6.07) is 0. The summed E-state index contributed by atoms with van der Waals surface area (Å²) in [4.78, 5) is 5.02. The van der Waals surface area contributed by atoms with Gasteiger partial charge in [-0.25, -0.2) is 5.48 Å². The Kier molecular flexibility index (Phi) is 3.02. The van der Waals surface area contributed by atoms with Crippen LogP contribution in [0.3, 0.4) is 0 Å². The molecule has 0 aliphatic carbocycles. The number of rotatable bonds is 3. The van der Waals surface area contributed by atoms with Crippen LogP contribution in [0.5, 0.6) is 0 Å². The van der Waals surface area contributed by atoms with Crippen LogP contribution in [0, 0.1) is 7.05 Å². The van der Waals surface area contributed by atoms with E-state index in [-0.39, 0.29) is 5.60 Å². The van der Waals surface area contributed by atoms with Gasteiger partial charge >= 0.3 is 0 Å². The zero-order valence-corrected chi connectivity index (χ0v) is 5.82. The predicted octanol–water partition coefficient (Wildman–Crippen LogP) is 1.49. The molecule has 0 bridgehead atoms. The highest BCUT2D eigenvalue weighted by Gasteiger charge is 2.13. The lowest BCUT2D eigenvalue weighted by atomic mass is 10.1. The largest absolute Gasteiger partial charge is 0.296 e. The quantitative estimate of drug-likeness (QED) is 0.564. The molecule has 1 radical (unpaired) electrons. The van der Waals surface area contributed by atoms with E-state index in [0.29, 0.717) is 0 Å². The van der Waals surface area contributed by atoms with Crippen molar-refractivity contribution < 1.29 is 4.84 Å². The standard InChI is InChI=1S/C6H14NO/c1-5-6(2,3)8-7-4/h7H,4-5H2,1-3H3. The SMILES string of the molecule is [CH2]NOC(C)(C)CC. The Hall–Kier alpha value is -0.0800. The molecule has 0 atom stereocenters. The second kappa shape index (κ2) is 3.05. The molecule has 0 saturated heterocycles. The third-order valence-electron chi connectivity index (χ3n) is 1.20. The fraction of sp³-hybridized carbons (Fsp3) is 0.833. The number of hydrogen-bond donors (Lipinski definition) is 1. The summed E-state index contributed by atoms with van der Waals surface area (Å²) in [5.74, 6) is 0. The van der Waals surface area contributed by atoms with E-state index in [1.165, 1.54) is 0 Å². The summed E-state index contributed by atoms with van der Waals surface area (Å²) in [6.45, 7) is 6.08. The molecule has 0 aromatic heterocycles. The van der Waals surface area contributed by atoms with Gasteiger partial charge in [-0.3, -0.25) is 4.84 Å². The van der Waals surface area contributed by atoms with Gasteiger partial charge in [0.15, 0.2) is 0 Å². The Balaban J connectivity index is 3.37. The maximum absolute atomic E-state index is 5.02. The highest BCUT2D eigenvalue weighted by atomic mass is 16.7. The van der Waals surface area contributed by atoms with Crippen molar-refractivity contribution in [2.24, 2.45) is 0 Å². The smallest absolute Gasteiger partial charge is 0.0838 e. The van der Waals surface area contributed by atoms with E-state index >= 15 is 0 Å². The number of nitrogens with one attached hydrogen (secondary N) is 1. The minimum absolute atomic E-state index is 0.0816. The second-order valence-electron chi connectivity index (χ2n) is 2.36. The monoisotopic (exact) mass is 116 g/mol. The van der Waals surface area contributed by atoms with Gasteiger partial charge in [-0.15, -0.1) is 0 Å². The van der Waals surface area contributed by atoms with Crippen LogP contribution in [0.2, 0.25) is 0 Å². The molecule has 0 saturated carbocycles. The molecule has 1 N–H and O–H groups in total. The Bertz CT molecular complexity index is 61.5. The average Bonchev–Trinajstić information content (AvgIpc) is 1.67. The summed E-state index contributed by atoms with van der Waals surface area (Å²) >= 11 is 0. The van der Waals surface area contributed by atoms with Crippen molar-refractivity contribution in [3.8, 4) is 0 Å². The molecular formula is C6H14NO. The summed E-state index contributed by atoms with van der Waals surface area (Å²) in [5, 5.41) is 0. The molecule has 0 fully saturated rings. The molecule has 0 aromatic rings. The van der Waals surface area contributed by atoms with Crippen molar-refractivity contribution in [1.82, 2.24) is 5.48 Å². The van der Waals surface area contributed by atoms with Crippen LogP contribution >= 0.6 is 0 Å². The topological polar surface area (TPSA) is 21.3 Å². The Morgan fingerprint density at radius 2 is 2.12 bits per heavy atom. The Morgan fingerprint density at radius 3 is 2.25 bits per heavy atom. The molecular weight excluding hydrogens is 102 g/mol. The zero-order chi connectivity index (χ0) is 6.62. The van der Waals surface area contributed by atoms with Crippen molar-refractivity contribution in [3.63, 3.8) is 0 Å². The van der Waals surface area contributed by atoms with Gasteiger partial charge in [0.2, 0.25) is 0 Å². The van der Waals surface area contributed by atoms with E-state index in [2.05, 4.69) is 19.5 Å². The second-order valence-corrected chi connectivity index (χ2v) is 2.36. The van der Waals surface area contributed by atoms with E-state index in [9.17, 15) is 0 Å². The molecule has 0 unspecified atom stereocenters. The molecule has 0 amide bonds. The molecule has 2 heteroatoms. The predicted molar refractivity (Wildman–Crippen MR) is 33.9 cm³/mol. The first kappa shape index (κ1) is 7.92. The van der Waals surface area contributed by atoms with Crippen molar-refractivity contribution in [1.29, 1.82) is 0 Å². The fourth-order valence-corrected chi connectivity index (χ4v) is 0.268. The van der Waals surface area contributed by atoms with Crippen molar-refractivity contribution >= 4 is 0 Å². The van der Waals surface area contributed by atoms with Gasteiger partial charge in [0.05, 0.1) is 5.60 Å². The lowest BCUT2D eigenvalue weighted by Gasteiger charge is -2.21. The molecule has 2 nitrogen and oxygen atoms in total. The van der Waals surface area contributed by atoms with Gasteiger partial charge in [-0.1, -0.05) is 6.92 Å². The maximum Gasteiger partial charge on any atom is 0.0838 e. The maximum atomic E-state index is 5.02. The first-order chi connectivity index (χ1) is 3.62. The molecule has 8 heavy (non-hydrogen) atoms. The van der Waals surface area contributed by atoms with E-state index in [1.807, 2.05) is 13.8 Å². The highest BCUT2D eigenvalue weighted by Crippen LogP contribution is 2.10. The first-order valence-corrected chi connectivity index (χ1v) is 2.82. The first-order valence-electron chi connectivity index (χ1n) is 2.82. The van der Waals surface area contributed by atoms with Gasteiger partial charge < -0.3 is 0 Å². The van der Waals surface area contributed by atoms with E-state index in [1.54, 1.807) is 0 Å².